The molecule has 0 saturated carbocycles. The molecule has 3 nitrogen and oxygen atoms in total. The quantitative estimate of drug-likeness (QED) is 0.612. The molecular formula is C12H27NO2S. The van der Waals surface area contributed by atoms with Crippen LogP contribution in [0.2, 0.25) is 0 Å². The largest absolute Gasteiger partial charge is 0.394 e. The first kappa shape index (κ1) is 16.2. The average molecular weight is 249 g/mol. The summed E-state index contributed by atoms with van der Waals surface area (Å²) in [5, 5.41) is 13.4. The number of nitrogens with one attached hydrogen (secondary N) is 1. The molecule has 2 N–H and O–H groups in total. The minimum Gasteiger partial charge on any atom is -0.394 e. The van der Waals surface area contributed by atoms with Crippen molar-refractivity contribution in [3.05, 3.63) is 0 Å². The van der Waals surface area contributed by atoms with Gasteiger partial charge in [-0.15, -0.1) is 0 Å². The van der Waals surface area contributed by atoms with E-state index in [0.29, 0.717) is 11.3 Å². The Bertz CT molecular complexity index is 178. The van der Waals surface area contributed by atoms with Gasteiger partial charge < -0.3 is 15.2 Å². The second-order valence-corrected chi connectivity index (χ2v) is 6.44. The molecule has 0 aromatic heterocycles. The maximum absolute atomic E-state index is 9.46. The van der Waals surface area contributed by atoms with Gasteiger partial charge in [0.1, 0.15) is 0 Å². The van der Waals surface area contributed by atoms with Gasteiger partial charge in [-0.25, -0.2) is 0 Å². The van der Waals surface area contributed by atoms with Crippen molar-refractivity contribution in [3.8, 4) is 0 Å². The molecule has 0 aliphatic carbocycles. The Kier molecular flexibility index (Phi) is 8.46. The first-order chi connectivity index (χ1) is 7.43. The van der Waals surface area contributed by atoms with Gasteiger partial charge in [0.15, 0.2) is 0 Å². The lowest BCUT2D eigenvalue weighted by molar-refractivity contribution is 0.157. The Labute approximate surface area is 104 Å². The molecule has 0 bridgehead atoms. The maximum atomic E-state index is 9.46. The number of aliphatic hydroxyl groups excluding tert-OH is 1. The summed E-state index contributed by atoms with van der Waals surface area (Å²) in [4.78, 5) is 0. The van der Waals surface area contributed by atoms with Crippen LogP contribution in [0.15, 0.2) is 0 Å². The van der Waals surface area contributed by atoms with Crippen LogP contribution in [0.5, 0.6) is 0 Å². The Morgan fingerprint density at radius 2 is 2.00 bits per heavy atom. The van der Waals surface area contributed by atoms with Gasteiger partial charge in [0.25, 0.3) is 0 Å². The Morgan fingerprint density at radius 3 is 2.44 bits per heavy atom. The van der Waals surface area contributed by atoms with E-state index in [4.69, 9.17) is 4.74 Å². The van der Waals surface area contributed by atoms with Crippen LogP contribution in [0, 0.1) is 0 Å². The minimum atomic E-state index is -0.173. The molecule has 16 heavy (non-hydrogen) atoms. The number of methoxy groups -OCH3 is 1. The van der Waals surface area contributed by atoms with E-state index in [1.807, 2.05) is 11.8 Å². The van der Waals surface area contributed by atoms with Crippen LogP contribution in [0.3, 0.4) is 0 Å². The fourth-order valence-corrected chi connectivity index (χ4v) is 3.04. The first-order valence-electron chi connectivity index (χ1n) is 5.92. The van der Waals surface area contributed by atoms with Crippen LogP contribution in [-0.4, -0.2) is 48.0 Å². The maximum Gasteiger partial charge on any atom is 0.0611 e. The van der Waals surface area contributed by atoms with Gasteiger partial charge in [0.05, 0.1) is 13.2 Å². The van der Waals surface area contributed by atoms with Crippen LogP contribution >= 0.6 is 11.8 Å². The fraction of sp³-hybridized carbons (Fsp3) is 1.00. The third-order valence-electron chi connectivity index (χ3n) is 2.41. The summed E-state index contributed by atoms with van der Waals surface area (Å²) < 4.78 is 5.03. The molecule has 0 aromatic rings. The molecule has 98 valence electrons. The van der Waals surface area contributed by atoms with Gasteiger partial charge in [-0.05, 0) is 13.3 Å². The molecule has 0 saturated heterocycles. The summed E-state index contributed by atoms with van der Waals surface area (Å²) in [6, 6.07) is 0.397. The summed E-state index contributed by atoms with van der Waals surface area (Å²) in [6.07, 6.45) is 0.968. The van der Waals surface area contributed by atoms with Gasteiger partial charge >= 0.3 is 0 Å². The number of ether oxygens (including phenoxy) is 1. The smallest absolute Gasteiger partial charge is 0.0611 e. The zero-order chi connectivity index (χ0) is 12.6. The van der Waals surface area contributed by atoms with Gasteiger partial charge in [-0.2, -0.15) is 11.8 Å². The number of rotatable bonds is 9. The number of aliphatic hydroxyl groups is 1. The van der Waals surface area contributed by atoms with Crippen molar-refractivity contribution < 1.29 is 9.84 Å². The van der Waals surface area contributed by atoms with Crippen LogP contribution in [0.25, 0.3) is 0 Å². The number of hydrogen-bond acceptors (Lipinski definition) is 4. The summed E-state index contributed by atoms with van der Waals surface area (Å²) in [7, 11) is 1.73. The van der Waals surface area contributed by atoms with Crippen molar-refractivity contribution in [2.45, 2.75) is 50.9 Å². The number of hydrogen-bond donors (Lipinski definition) is 2. The molecule has 0 aliphatic heterocycles. The summed E-state index contributed by atoms with van der Waals surface area (Å²) in [5.74, 6) is 1.01. The van der Waals surface area contributed by atoms with E-state index >= 15 is 0 Å². The third-order valence-corrected chi connectivity index (χ3v) is 3.55. The molecule has 2 atom stereocenters. The fourth-order valence-electron chi connectivity index (χ4n) is 1.89. The van der Waals surface area contributed by atoms with Crippen LogP contribution in [0.4, 0.5) is 0 Å². The molecule has 0 spiro atoms. The highest BCUT2D eigenvalue weighted by atomic mass is 32.2. The molecule has 0 rings (SSSR count). The molecule has 0 radical (unpaired) electrons. The molecule has 0 aromatic carbocycles. The average Bonchev–Trinajstić information content (AvgIpc) is 2.16. The van der Waals surface area contributed by atoms with Crippen LogP contribution < -0.4 is 5.32 Å². The lowest BCUT2D eigenvalue weighted by Crippen LogP contribution is -2.50. The predicted molar refractivity (Wildman–Crippen MR) is 72.2 cm³/mol. The van der Waals surface area contributed by atoms with Crippen molar-refractivity contribution in [2.24, 2.45) is 0 Å². The molecule has 0 heterocycles. The lowest BCUT2D eigenvalue weighted by Gasteiger charge is -2.33. The second-order valence-electron chi connectivity index (χ2n) is 4.90. The number of thioether (sulfide) groups is 1. The van der Waals surface area contributed by atoms with E-state index in [1.165, 1.54) is 0 Å². The Hall–Kier alpha value is 0.230. The van der Waals surface area contributed by atoms with Crippen molar-refractivity contribution in [2.75, 3.05) is 26.1 Å². The SMILES string of the molecule is COCCSC(C)CC(C)(CO)NC(C)C. The summed E-state index contributed by atoms with van der Waals surface area (Å²) >= 11 is 1.89. The predicted octanol–water partition coefficient (Wildman–Crippen LogP) is 1.89. The molecular weight excluding hydrogens is 222 g/mol. The summed E-state index contributed by atoms with van der Waals surface area (Å²) in [6.45, 7) is 9.48. The third kappa shape index (κ3) is 7.49. The van der Waals surface area contributed by atoms with Gasteiger partial charge in [-0.3, -0.25) is 0 Å². The lowest BCUT2D eigenvalue weighted by atomic mass is 9.96. The molecule has 0 amide bonds. The highest BCUT2D eigenvalue weighted by Gasteiger charge is 2.26. The Balaban J connectivity index is 3.99. The zero-order valence-corrected chi connectivity index (χ0v) is 12.1. The van der Waals surface area contributed by atoms with E-state index in [1.54, 1.807) is 7.11 Å². The highest BCUT2D eigenvalue weighted by Crippen LogP contribution is 2.22. The van der Waals surface area contributed by atoms with Gasteiger partial charge in [-0.1, -0.05) is 20.8 Å². The normalized spacial score (nSPS) is 17.4. The topological polar surface area (TPSA) is 41.5 Å². The highest BCUT2D eigenvalue weighted by molar-refractivity contribution is 7.99. The van der Waals surface area contributed by atoms with E-state index in [9.17, 15) is 5.11 Å². The molecule has 2 unspecified atom stereocenters. The van der Waals surface area contributed by atoms with Crippen molar-refractivity contribution >= 4 is 11.8 Å². The monoisotopic (exact) mass is 249 g/mol. The minimum absolute atomic E-state index is 0.173. The molecule has 0 aliphatic rings. The van der Waals surface area contributed by atoms with Crippen molar-refractivity contribution in [3.63, 3.8) is 0 Å². The zero-order valence-electron chi connectivity index (χ0n) is 11.2. The van der Waals surface area contributed by atoms with E-state index in [2.05, 4.69) is 33.0 Å². The van der Waals surface area contributed by atoms with Gasteiger partial charge in [0.2, 0.25) is 0 Å². The van der Waals surface area contributed by atoms with E-state index in [0.717, 1.165) is 18.8 Å². The standard InChI is InChI=1S/C12H27NO2S/c1-10(2)13-12(4,9-14)8-11(3)16-7-6-15-5/h10-11,13-14H,6-9H2,1-5H3. The van der Waals surface area contributed by atoms with Crippen LogP contribution in [0.1, 0.15) is 34.1 Å². The van der Waals surface area contributed by atoms with Gasteiger partial charge in [0, 0.05) is 29.7 Å². The second kappa shape index (κ2) is 8.34. The summed E-state index contributed by atoms with van der Waals surface area (Å²) in [5.41, 5.74) is -0.173. The Morgan fingerprint density at radius 1 is 1.38 bits per heavy atom. The van der Waals surface area contributed by atoms with Crippen molar-refractivity contribution in [1.29, 1.82) is 0 Å². The molecule has 4 heteroatoms. The first-order valence-corrected chi connectivity index (χ1v) is 6.97. The van der Waals surface area contributed by atoms with E-state index in [-0.39, 0.29) is 12.1 Å². The molecule has 0 fully saturated rings. The van der Waals surface area contributed by atoms with Crippen LogP contribution in [-0.2, 0) is 4.74 Å². The van der Waals surface area contributed by atoms with E-state index < -0.39 is 0 Å². The van der Waals surface area contributed by atoms with Crippen molar-refractivity contribution in [1.82, 2.24) is 5.32 Å².